The number of rotatable bonds is 4. The van der Waals surface area contributed by atoms with Gasteiger partial charge < -0.3 is 4.90 Å². The van der Waals surface area contributed by atoms with Crippen molar-refractivity contribution in [2.24, 2.45) is 5.10 Å². The Hall–Kier alpha value is -2.80. The second-order valence-electron chi connectivity index (χ2n) is 6.51. The van der Waals surface area contributed by atoms with E-state index in [1.54, 1.807) is 17.4 Å². The topological polar surface area (TPSA) is 64.9 Å². The minimum Gasteiger partial charge on any atom is -0.338 e. The first kappa shape index (κ1) is 16.7. The molecule has 0 unspecified atom stereocenters. The molecule has 0 aliphatic carbocycles. The molecule has 1 saturated heterocycles. The molecule has 134 valence electrons. The van der Waals surface area contributed by atoms with Gasteiger partial charge in [-0.2, -0.15) is 5.10 Å². The second kappa shape index (κ2) is 7.61. The predicted octanol–water partition coefficient (Wildman–Crippen LogP) is 1.56. The van der Waals surface area contributed by atoms with Gasteiger partial charge in [0.05, 0.1) is 12.6 Å². The molecular formula is C19H22N6O. The molecule has 0 bridgehead atoms. The molecule has 7 nitrogen and oxygen atoms in total. The van der Waals surface area contributed by atoms with Crippen LogP contribution in [0.1, 0.15) is 18.0 Å². The summed E-state index contributed by atoms with van der Waals surface area (Å²) in [5.41, 5.74) is 1.13. The van der Waals surface area contributed by atoms with E-state index >= 15 is 0 Å². The van der Waals surface area contributed by atoms with Gasteiger partial charge in [0.2, 0.25) is 5.95 Å². The van der Waals surface area contributed by atoms with Crippen LogP contribution in [0.5, 0.6) is 0 Å². The molecule has 1 amide bonds. The van der Waals surface area contributed by atoms with E-state index < -0.39 is 0 Å². The van der Waals surface area contributed by atoms with Gasteiger partial charge in [-0.05, 0) is 11.6 Å². The van der Waals surface area contributed by atoms with Crippen LogP contribution in [0.4, 0.5) is 5.95 Å². The number of amides is 1. The van der Waals surface area contributed by atoms with Crippen molar-refractivity contribution < 1.29 is 4.79 Å². The maximum atomic E-state index is 12.8. The Morgan fingerprint density at radius 1 is 1.00 bits per heavy atom. The fourth-order valence-electron chi connectivity index (χ4n) is 3.43. The summed E-state index contributed by atoms with van der Waals surface area (Å²) in [5.74, 6) is 0.809. The summed E-state index contributed by atoms with van der Waals surface area (Å²) in [7, 11) is 0. The Kier molecular flexibility index (Phi) is 4.88. The van der Waals surface area contributed by atoms with Gasteiger partial charge in [-0.3, -0.25) is 9.69 Å². The highest BCUT2D eigenvalue weighted by molar-refractivity contribution is 5.81. The van der Waals surface area contributed by atoms with Gasteiger partial charge in [0, 0.05) is 51.2 Å². The van der Waals surface area contributed by atoms with E-state index in [4.69, 9.17) is 0 Å². The molecule has 0 saturated carbocycles. The average Bonchev–Trinajstić information content (AvgIpc) is 3.20. The normalized spacial score (nSPS) is 20.5. The summed E-state index contributed by atoms with van der Waals surface area (Å²) in [6, 6.07) is 11.9. The number of hydrazone groups is 1. The Balaban J connectivity index is 1.33. The van der Waals surface area contributed by atoms with Gasteiger partial charge in [0.15, 0.2) is 0 Å². The van der Waals surface area contributed by atoms with Crippen LogP contribution in [0.15, 0.2) is 53.9 Å². The van der Waals surface area contributed by atoms with E-state index in [1.807, 2.05) is 30.5 Å². The van der Waals surface area contributed by atoms with Crippen LogP contribution in [-0.2, 0) is 4.79 Å². The third kappa shape index (κ3) is 3.57. The van der Waals surface area contributed by atoms with Crippen molar-refractivity contribution in [3.8, 4) is 0 Å². The molecule has 4 rings (SSSR count). The van der Waals surface area contributed by atoms with Crippen molar-refractivity contribution in [2.45, 2.75) is 12.5 Å². The molecule has 0 spiro atoms. The largest absolute Gasteiger partial charge is 0.338 e. The van der Waals surface area contributed by atoms with E-state index in [1.165, 1.54) is 0 Å². The van der Waals surface area contributed by atoms with Crippen molar-refractivity contribution in [1.29, 1.82) is 0 Å². The fourth-order valence-corrected chi connectivity index (χ4v) is 3.43. The van der Waals surface area contributed by atoms with Gasteiger partial charge >= 0.3 is 0 Å². The highest BCUT2D eigenvalue weighted by atomic mass is 16.2. The van der Waals surface area contributed by atoms with E-state index in [0.29, 0.717) is 6.54 Å². The Labute approximate surface area is 153 Å². The van der Waals surface area contributed by atoms with E-state index in [9.17, 15) is 4.79 Å². The van der Waals surface area contributed by atoms with Crippen LogP contribution in [0.25, 0.3) is 0 Å². The van der Waals surface area contributed by atoms with Crippen LogP contribution in [0.2, 0.25) is 0 Å². The standard InChI is InChI=1S/C19H22N6O/c26-18(25-17(7-10-22-25)16-5-2-1-3-6-16)15-23-11-13-24(14-12-23)19-20-8-4-9-21-19/h1-6,8-10,17H,7,11-15H2/t17-/m1/s1. The third-order valence-electron chi connectivity index (χ3n) is 4.84. The number of anilines is 1. The van der Waals surface area contributed by atoms with Crippen molar-refractivity contribution in [1.82, 2.24) is 19.9 Å². The zero-order chi connectivity index (χ0) is 17.8. The molecule has 1 fully saturated rings. The van der Waals surface area contributed by atoms with Crippen molar-refractivity contribution >= 4 is 18.1 Å². The summed E-state index contributed by atoms with van der Waals surface area (Å²) in [6.45, 7) is 3.67. The molecule has 0 radical (unpaired) electrons. The SMILES string of the molecule is O=C(CN1CCN(c2ncccn2)CC1)N1N=CC[C@@H]1c1ccccc1. The van der Waals surface area contributed by atoms with Crippen molar-refractivity contribution in [3.63, 3.8) is 0 Å². The molecule has 2 aliphatic rings. The maximum absolute atomic E-state index is 12.8. The van der Waals surface area contributed by atoms with Crippen LogP contribution in [0.3, 0.4) is 0 Å². The summed E-state index contributed by atoms with van der Waals surface area (Å²) in [4.78, 5) is 25.7. The molecular weight excluding hydrogens is 328 g/mol. The number of carbonyl (C=O) groups is 1. The summed E-state index contributed by atoms with van der Waals surface area (Å²) in [6.07, 6.45) is 6.12. The molecule has 7 heteroatoms. The van der Waals surface area contributed by atoms with Gasteiger partial charge in [-0.15, -0.1) is 0 Å². The van der Waals surface area contributed by atoms with Gasteiger partial charge in [-0.1, -0.05) is 30.3 Å². The highest BCUT2D eigenvalue weighted by Gasteiger charge is 2.30. The molecule has 1 atom stereocenters. The first-order chi connectivity index (χ1) is 12.8. The number of hydrogen-bond acceptors (Lipinski definition) is 6. The molecule has 2 aromatic rings. The van der Waals surface area contributed by atoms with Gasteiger partial charge in [0.25, 0.3) is 5.91 Å². The molecule has 1 aromatic heterocycles. The fraction of sp³-hybridized carbons (Fsp3) is 0.368. The number of carbonyl (C=O) groups excluding carboxylic acids is 1. The maximum Gasteiger partial charge on any atom is 0.257 e. The number of benzene rings is 1. The molecule has 3 heterocycles. The lowest BCUT2D eigenvalue weighted by molar-refractivity contribution is -0.134. The lowest BCUT2D eigenvalue weighted by Crippen LogP contribution is -2.50. The van der Waals surface area contributed by atoms with Crippen LogP contribution in [-0.4, -0.2) is 64.7 Å². The Morgan fingerprint density at radius 2 is 1.73 bits per heavy atom. The summed E-state index contributed by atoms with van der Waals surface area (Å²) in [5, 5.41) is 5.96. The van der Waals surface area contributed by atoms with Crippen LogP contribution in [0, 0.1) is 0 Å². The zero-order valence-corrected chi connectivity index (χ0v) is 14.6. The average molecular weight is 350 g/mol. The summed E-state index contributed by atoms with van der Waals surface area (Å²) >= 11 is 0. The molecule has 26 heavy (non-hydrogen) atoms. The van der Waals surface area contributed by atoms with E-state index in [2.05, 4.69) is 37.0 Å². The monoisotopic (exact) mass is 350 g/mol. The van der Waals surface area contributed by atoms with E-state index in [0.717, 1.165) is 44.1 Å². The minimum atomic E-state index is 0.0164. The van der Waals surface area contributed by atoms with Gasteiger partial charge in [-0.25, -0.2) is 15.0 Å². The first-order valence-corrected chi connectivity index (χ1v) is 8.95. The van der Waals surface area contributed by atoms with Crippen molar-refractivity contribution in [2.75, 3.05) is 37.6 Å². The lowest BCUT2D eigenvalue weighted by atomic mass is 10.0. The second-order valence-corrected chi connectivity index (χ2v) is 6.51. The van der Waals surface area contributed by atoms with Gasteiger partial charge in [0.1, 0.15) is 0 Å². The first-order valence-electron chi connectivity index (χ1n) is 8.95. The van der Waals surface area contributed by atoms with Crippen LogP contribution < -0.4 is 4.90 Å². The lowest BCUT2D eigenvalue weighted by Gasteiger charge is -2.35. The Morgan fingerprint density at radius 3 is 2.46 bits per heavy atom. The smallest absolute Gasteiger partial charge is 0.257 e. The molecule has 2 aliphatic heterocycles. The third-order valence-corrected chi connectivity index (χ3v) is 4.84. The highest BCUT2D eigenvalue weighted by Crippen LogP contribution is 2.28. The quantitative estimate of drug-likeness (QED) is 0.837. The van der Waals surface area contributed by atoms with Crippen LogP contribution >= 0.6 is 0 Å². The minimum absolute atomic E-state index is 0.0164. The zero-order valence-electron chi connectivity index (χ0n) is 14.6. The molecule has 0 N–H and O–H groups in total. The number of aromatic nitrogens is 2. The van der Waals surface area contributed by atoms with Crippen molar-refractivity contribution in [3.05, 3.63) is 54.4 Å². The predicted molar refractivity (Wildman–Crippen MR) is 99.8 cm³/mol. The Bertz CT molecular complexity index is 758. The number of piperazine rings is 1. The van der Waals surface area contributed by atoms with E-state index in [-0.39, 0.29) is 11.9 Å². The summed E-state index contributed by atoms with van der Waals surface area (Å²) < 4.78 is 0. The number of nitrogens with zero attached hydrogens (tertiary/aromatic N) is 6. The molecule has 1 aromatic carbocycles. The number of hydrogen-bond donors (Lipinski definition) is 0.